The van der Waals surface area contributed by atoms with Gasteiger partial charge in [0, 0.05) is 17.5 Å². The Morgan fingerprint density at radius 1 is 1.25 bits per heavy atom. The van der Waals surface area contributed by atoms with Gasteiger partial charge in [-0.3, -0.25) is 4.79 Å². The maximum absolute atomic E-state index is 12.4. The van der Waals surface area contributed by atoms with E-state index in [1.807, 2.05) is 35.7 Å². The first-order valence-corrected chi connectivity index (χ1v) is 10.7. The maximum Gasteiger partial charge on any atom is 0.341 e. The quantitative estimate of drug-likeness (QED) is 0.471. The lowest BCUT2D eigenvalue weighted by molar-refractivity contribution is -0.139. The van der Waals surface area contributed by atoms with E-state index in [-0.39, 0.29) is 12.5 Å². The largest absolute Gasteiger partial charge is 0.479 e. The molecule has 0 spiro atoms. The van der Waals surface area contributed by atoms with Gasteiger partial charge in [-0.2, -0.15) is 0 Å². The minimum atomic E-state index is -1.24. The van der Waals surface area contributed by atoms with E-state index in [1.165, 1.54) is 5.56 Å². The Morgan fingerprint density at radius 2 is 1.97 bits per heavy atom. The van der Waals surface area contributed by atoms with Gasteiger partial charge in [0.15, 0.2) is 12.2 Å². The molecule has 1 atom stereocenters. The summed E-state index contributed by atoms with van der Waals surface area (Å²) in [6.45, 7) is 3.54. The molecule has 1 aliphatic heterocycles. The van der Waals surface area contributed by atoms with E-state index in [1.54, 1.807) is 0 Å². The average Bonchev–Trinajstić information content (AvgIpc) is 3.51. The van der Waals surface area contributed by atoms with E-state index in [9.17, 15) is 9.59 Å². The number of hydrogen-bond donors (Lipinski definition) is 2. The molecular weight excluding hydrogens is 410 g/mol. The summed E-state index contributed by atoms with van der Waals surface area (Å²) in [5, 5.41) is 9.14. The molecule has 0 bridgehead atoms. The third kappa shape index (κ3) is 3.93. The first-order valence-electron chi connectivity index (χ1n) is 10.7. The van der Waals surface area contributed by atoms with Crippen molar-refractivity contribution in [1.29, 1.82) is 0 Å². The SMILES string of the molecule is CCCc1c(C2(C(N)=O)CO2)c2c(OCC(=O)O)nc(C)cn2c1CCc1ccccc1. The molecule has 1 amide bonds. The average molecular weight is 437 g/mol. The predicted octanol–water partition coefficient (Wildman–Crippen LogP) is 2.55. The third-order valence-corrected chi connectivity index (χ3v) is 5.78. The molecule has 3 heterocycles. The normalized spacial score (nSPS) is 17.4. The zero-order valence-electron chi connectivity index (χ0n) is 18.3. The van der Waals surface area contributed by atoms with Gasteiger partial charge in [0.1, 0.15) is 5.52 Å². The van der Waals surface area contributed by atoms with Crippen molar-refractivity contribution in [1.82, 2.24) is 9.38 Å². The summed E-state index contributed by atoms with van der Waals surface area (Å²) in [7, 11) is 0. The van der Waals surface area contributed by atoms with Crippen LogP contribution in [0.15, 0.2) is 36.5 Å². The van der Waals surface area contributed by atoms with E-state index in [0.717, 1.165) is 36.9 Å². The van der Waals surface area contributed by atoms with Gasteiger partial charge in [0.05, 0.1) is 12.3 Å². The number of benzene rings is 1. The highest BCUT2D eigenvalue weighted by atomic mass is 16.6. The summed E-state index contributed by atoms with van der Waals surface area (Å²) in [6.07, 6.45) is 4.99. The highest BCUT2D eigenvalue weighted by Crippen LogP contribution is 2.47. The number of epoxide rings is 1. The van der Waals surface area contributed by atoms with Crippen molar-refractivity contribution in [2.24, 2.45) is 5.73 Å². The number of aliphatic carboxylic acids is 1. The number of carbonyl (C=O) groups excluding carboxylic acids is 1. The zero-order valence-corrected chi connectivity index (χ0v) is 18.3. The molecule has 8 nitrogen and oxygen atoms in total. The van der Waals surface area contributed by atoms with Crippen LogP contribution in [0.3, 0.4) is 0 Å². The number of amides is 1. The smallest absolute Gasteiger partial charge is 0.341 e. The van der Waals surface area contributed by atoms with Gasteiger partial charge < -0.3 is 24.7 Å². The number of ether oxygens (including phenoxy) is 2. The van der Waals surface area contributed by atoms with Gasteiger partial charge in [-0.15, -0.1) is 0 Å². The summed E-state index contributed by atoms with van der Waals surface area (Å²) in [4.78, 5) is 28.1. The number of aryl methyl sites for hydroxylation is 3. The maximum atomic E-state index is 12.4. The molecule has 0 saturated carbocycles. The monoisotopic (exact) mass is 437 g/mol. The van der Waals surface area contributed by atoms with Crippen molar-refractivity contribution in [3.63, 3.8) is 0 Å². The van der Waals surface area contributed by atoms with Crippen molar-refractivity contribution in [3.8, 4) is 5.88 Å². The third-order valence-electron chi connectivity index (χ3n) is 5.78. The molecule has 168 valence electrons. The van der Waals surface area contributed by atoms with Gasteiger partial charge in [-0.25, -0.2) is 9.78 Å². The second-order valence-electron chi connectivity index (χ2n) is 8.10. The molecule has 2 aromatic heterocycles. The van der Waals surface area contributed by atoms with Gasteiger partial charge in [-0.1, -0.05) is 43.7 Å². The van der Waals surface area contributed by atoms with E-state index in [0.29, 0.717) is 16.8 Å². The fourth-order valence-electron chi connectivity index (χ4n) is 4.32. The first kappa shape index (κ1) is 21.8. The van der Waals surface area contributed by atoms with Gasteiger partial charge in [0.2, 0.25) is 5.88 Å². The van der Waals surface area contributed by atoms with Crippen LogP contribution in [-0.2, 0) is 39.2 Å². The molecule has 1 fully saturated rings. The summed E-state index contributed by atoms with van der Waals surface area (Å²) in [5.41, 5.74) is 9.64. The lowest BCUT2D eigenvalue weighted by Crippen LogP contribution is -2.31. The summed E-state index contributed by atoms with van der Waals surface area (Å²) < 4.78 is 13.2. The van der Waals surface area contributed by atoms with Crippen LogP contribution in [0.5, 0.6) is 5.88 Å². The molecule has 0 aliphatic carbocycles. The Balaban J connectivity index is 1.93. The van der Waals surface area contributed by atoms with Gasteiger partial charge in [0.25, 0.3) is 5.91 Å². The number of hydrogen-bond acceptors (Lipinski definition) is 5. The second kappa shape index (κ2) is 8.63. The highest BCUT2D eigenvalue weighted by molar-refractivity contribution is 5.92. The Bertz CT molecular complexity index is 1170. The number of nitrogens with zero attached hydrogens (tertiary/aromatic N) is 2. The molecule has 8 heteroatoms. The summed E-state index contributed by atoms with van der Waals surface area (Å²) in [5.74, 6) is -1.51. The molecular formula is C24H27N3O5. The molecule has 1 aromatic carbocycles. The van der Waals surface area contributed by atoms with Crippen molar-refractivity contribution in [2.75, 3.05) is 13.2 Å². The minimum absolute atomic E-state index is 0.168. The molecule has 1 aliphatic rings. The van der Waals surface area contributed by atoms with E-state index < -0.39 is 24.1 Å². The number of fused-ring (bicyclic) bond motifs is 1. The van der Waals surface area contributed by atoms with Gasteiger partial charge >= 0.3 is 5.97 Å². The van der Waals surface area contributed by atoms with Crippen LogP contribution >= 0.6 is 0 Å². The Kier molecular flexibility index (Phi) is 5.88. The second-order valence-corrected chi connectivity index (χ2v) is 8.10. The van der Waals surface area contributed by atoms with Crippen LogP contribution in [0.25, 0.3) is 5.52 Å². The van der Waals surface area contributed by atoms with E-state index >= 15 is 0 Å². The van der Waals surface area contributed by atoms with E-state index in [2.05, 4.69) is 24.0 Å². The number of carboxylic acid groups (broad SMARTS) is 1. The molecule has 3 N–H and O–H groups in total. The summed E-state index contributed by atoms with van der Waals surface area (Å²) >= 11 is 0. The molecule has 4 rings (SSSR count). The number of carbonyl (C=O) groups is 2. The van der Waals surface area contributed by atoms with Crippen LogP contribution < -0.4 is 10.5 Å². The number of rotatable bonds is 10. The summed E-state index contributed by atoms with van der Waals surface area (Å²) in [6, 6.07) is 10.2. The Labute approximate surface area is 186 Å². The minimum Gasteiger partial charge on any atom is -0.479 e. The predicted molar refractivity (Wildman–Crippen MR) is 118 cm³/mol. The van der Waals surface area contributed by atoms with Crippen LogP contribution in [0.2, 0.25) is 0 Å². The van der Waals surface area contributed by atoms with Crippen molar-refractivity contribution in [2.45, 2.75) is 45.1 Å². The highest BCUT2D eigenvalue weighted by Gasteiger charge is 2.56. The molecule has 1 unspecified atom stereocenters. The van der Waals surface area contributed by atoms with Gasteiger partial charge in [-0.05, 0) is 37.3 Å². The number of aromatic nitrogens is 2. The fraction of sp³-hybridized carbons (Fsp3) is 0.375. The Morgan fingerprint density at radius 3 is 2.56 bits per heavy atom. The van der Waals surface area contributed by atoms with Crippen LogP contribution in [0, 0.1) is 6.92 Å². The zero-order chi connectivity index (χ0) is 22.9. The first-order chi connectivity index (χ1) is 15.4. The number of carboxylic acids is 1. The van der Waals surface area contributed by atoms with Crippen molar-refractivity contribution in [3.05, 3.63) is 64.6 Å². The molecule has 32 heavy (non-hydrogen) atoms. The Hall–Kier alpha value is -3.39. The molecule has 3 aromatic rings. The number of nitrogens with two attached hydrogens (primary N) is 1. The topological polar surface area (TPSA) is 119 Å². The number of primary amides is 1. The van der Waals surface area contributed by atoms with Crippen LogP contribution in [0.4, 0.5) is 0 Å². The van der Waals surface area contributed by atoms with Crippen molar-refractivity contribution < 1.29 is 24.2 Å². The van der Waals surface area contributed by atoms with Crippen LogP contribution in [-0.4, -0.2) is 39.6 Å². The fourth-order valence-corrected chi connectivity index (χ4v) is 4.32. The lowest BCUT2D eigenvalue weighted by atomic mass is 9.91. The lowest BCUT2D eigenvalue weighted by Gasteiger charge is -2.13. The molecule has 1 saturated heterocycles. The van der Waals surface area contributed by atoms with Crippen molar-refractivity contribution >= 4 is 17.4 Å². The molecule has 0 radical (unpaired) electrons. The van der Waals surface area contributed by atoms with Crippen LogP contribution in [0.1, 0.15) is 41.4 Å². The van der Waals surface area contributed by atoms with E-state index in [4.69, 9.17) is 20.3 Å². The standard InChI is InChI=1S/C24H27N3O5/c1-3-7-17-18(11-10-16-8-5-4-6-9-16)27-12-15(2)26-22(31-13-19(28)29)21(27)20(17)24(14-32-24)23(25)30/h4-6,8-9,12H,3,7,10-11,13-14H2,1-2H3,(H2,25,30)(H,28,29).